The molecule has 18 heavy (non-hydrogen) atoms. The van der Waals surface area contributed by atoms with Gasteiger partial charge >= 0.3 is 117 Å². The van der Waals surface area contributed by atoms with Crippen molar-refractivity contribution in [3.05, 3.63) is 12.7 Å². The molecule has 0 aromatic rings. The molecule has 0 spiro atoms. The molecule has 0 N–H and O–H groups in total. The van der Waals surface area contributed by atoms with E-state index in [9.17, 15) is 4.79 Å². The van der Waals surface area contributed by atoms with Crippen LogP contribution in [0.2, 0.25) is 0 Å². The van der Waals surface area contributed by atoms with Gasteiger partial charge in [-0.2, -0.15) is 0 Å². The van der Waals surface area contributed by atoms with Crippen LogP contribution in [0.3, 0.4) is 0 Å². The Balaban J connectivity index is 3.87. The van der Waals surface area contributed by atoms with Crippen molar-refractivity contribution in [2.75, 3.05) is 25.8 Å². The maximum absolute atomic E-state index is 11.1. The van der Waals surface area contributed by atoms with Gasteiger partial charge in [0.1, 0.15) is 0 Å². The number of carbonyl (C=O) groups excluding carboxylic acids is 1. The summed E-state index contributed by atoms with van der Waals surface area (Å²) in [4.78, 5) is 11.1. The monoisotopic (exact) mass is 294 g/mol. The maximum atomic E-state index is 11.1. The van der Waals surface area contributed by atoms with E-state index < -0.39 is 5.96 Å². The number of hydrogen-bond acceptors (Lipinski definition) is 2. The molecule has 108 valence electrons. The Kier molecular flexibility index (Phi) is 8.14. The van der Waals surface area contributed by atoms with Crippen molar-refractivity contribution in [3.63, 3.8) is 0 Å². The van der Waals surface area contributed by atoms with Gasteiger partial charge in [0.05, 0.1) is 0 Å². The van der Waals surface area contributed by atoms with Crippen LogP contribution >= 0.6 is 17.2 Å². The fourth-order valence-corrected chi connectivity index (χ4v) is 4.12. The molecule has 0 rings (SSSR count). The molecule has 0 radical (unpaired) electrons. The SMILES string of the molecule is C=CC(=O)OCP(C)(C)(Cl)CCCCCCCC. The van der Waals surface area contributed by atoms with Crippen LogP contribution in [0.5, 0.6) is 0 Å². The summed E-state index contributed by atoms with van der Waals surface area (Å²) >= 11 is 6.65. The second kappa shape index (κ2) is 8.17. The molecule has 0 fully saturated rings. The van der Waals surface area contributed by atoms with Crippen LogP contribution in [0, 0.1) is 0 Å². The van der Waals surface area contributed by atoms with Crippen molar-refractivity contribution < 1.29 is 9.53 Å². The van der Waals surface area contributed by atoms with E-state index in [2.05, 4.69) is 26.8 Å². The molecule has 0 amide bonds. The Hall–Kier alpha value is -0.0700. The third-order valence-electron chi connectivity index (χ3n) is 2.97. The van der Waals surface area contributed by atoms with Gasteiger partial charge in [0.15, 0.2) is 0 Å². The number of rotatable bonds is 10. The third kappa shape index (κ3) is 9.91. The molecule has 0 aliphatic carbocycles. The second-order valence-corrected chi connectivity index (χ2v) is 15.0. The summed E-state index contributed by atoms with van der Waals surface area (Å²) in [6.07, 6.45) is 10.1. The zero-order chi connectivity index (χ0) is 14.1. The Morgan fingerprint density at radius 3 is 2.33 bits per heavy atom. The van der Waals surface area contributed by atoms with Gasteiger partial charge in [-0.15, -0.1) is 0 Å². The number of carbonyl (C=O) groups is 1. The van der Waals surface area contributed by atoms with Gasteiger partial charge < -0.3 is 0 Å². The predicted octanol–water partition coefficient (Wildman–Crippen LogP) is 5.00. The number of halogens is 1. The summed E-state index contributed by atoms with van der Waals surface area (Å²) in [6, 6.07) is 0. The quantitative estimate of drug-likeness (QED) is 0.245. The Labute approximate surface area is 117 Å². The van der Waals surface area contributed by atoms with Gasteiger partial charge in [0.25, 0.3) is 0 Å². The van der Waals surface area contributed by atoms with Crippen molar-refractivity contribution in [3.8, 4) is 0 Å². The zero-order valence-corrected chi connectivity index (χ0v) is 13.7. The van der Waals surface area contributed by atoms with E-state index in [1.165, 1.54) is 38.2 Å². The average Bonchev–Trinajstić information content (AvgIpc) is 2.30. The van der Waals surface area contributed by atoms with E-state index in [1.54, 1.807) is 0 Å². The molecule has 0 aromatic carbocycles. The van der Waals surface area contributed by atoms with Crippen LogP contribution in [-0.4, -0.2) is 31.8 Å². The number of hydrogen-bond donors (Lipinski definition) is 0. The molecule has 4 heteroatoms. The van der Waals surface area contributed by atoms with Crippen LogP contribution in [0.1, 0.15) is 45.4 Å². The first-order valence-electron chi connectivity index (χ1n) is 6.80. The summed E-state index contributed by atoms with van der Waals surface area (Å²) in [5.41, 5.74) is 0. The van der Waals surface area contributed by atoms with Crippen LogP contribution in [-0.2, 0) is 9.53 Å². The second-order valence-electron chi connectivity index (χ2n) is 5.80. The number of esters is 1. The van der Waals surface area contributed by atoms with Crippen LogP contribution in [0.15, 0.2) is 12.7 Å². The summed E-state index contributed by atoms with van der Waals surface area (Å²) in [5.74, 6) is -2.72. The first kappa shape index (κ1) is 17.9. The van der Waals surface area contributed by atoms with Gasteiger partial charge in [-0.3, -0.25) is 0 Å². The molecule has 0 unspecified atom stereocenters. The molecule has 0 aliphatic rings. The zero-order valence-electron chi connectivity index (χ0n) is 12.1. The van der Waals surface area contributed by atoms with Gasteiger partial charge in [-0.25, -0.2) is 0 Å². The van der Waals surface area contributed by atoms with E-state index in [1.807, 2.05) is 0 Å². The molecule has 0 atom stereocenters. The van der Waals surface area contributed by atoms with E-state index in [4.69, 9.17) is 16.0 Å². The molecular formula is C14H28ClO2P. The van der Waals surface area contributed by atoms with Crippen LogP contribution in [0.4, 0.5) is 0 Å². The van der Waals surface area contributed by atoms with E-state index in [-0.39, 0.29) is 5.97 Å². The van der Waals surface area contributed by atoms with Gasteiger partial charge in [0, 0.05) is 0 Å². The number of unbranched alkanes of at least 4 members (excludes halogenated alkanes) is 5. The minimum absolute atomic E-state index is 0.354. The molecule has 0 aliphatic heterocycles. The summed E-state index contributed by atoms with van der Waals surface area (Å²) in [7, 11) is 0. The summed E-state index contributed by atoms with van der Waals surface area (Å²) < 4.78 is 5.12. The molecule has 0 aromatic heterocycles. The fraction of sp³-hybridized carbons (Fsp3) is 0.786. The van der Waals surface area contributed by atoms with Crippen molar-refractivity contribution in [1.29, 1.82) is 0 Å². The molecule has 0 bridgehead atoms. The predicted molar refractivity (Wildman–Crippen MR) is 84.0 cm³/mol. The summed E-state index contributed by atoms with van der Waals surface area (Å²) in [6.45, 7) is 9.73. The summed E-state index contributed by atoms with van der Waals surface area (Å²) in [5, 5.41) is 0. The van der Waals surface area contributed by atoms with Gasteiger partial charge in [-0.1, -0.05) is 0 Å². The van der Waals surface area contributed by atoms with Crippen molar-refractivity contribution >= 4 is 23.2 Å². The Morgan fingerprint density at radius 2 is 1.78 bits per heavy atom. The van der Waals surface area contributed by atoms with Crippen molar-refractivity contribution in [2.45, 2.75) is 45.4 Å². The first-order valence-corrected chi connectivity index (χ1v) is 11.2. The topological polar surface area (TPSA) is 26.3 Å². The molecule has 2 nitrogen and oxygen atoms in total. The van der Waals surface area contributed by atoms with Gasteiger partial charge in [0.2, 0.25) is 0 Å². The third-order valence-corrected chi connectivity index (χ3v) is 6.39. The normalized spacial score (nSPS) is 13.7. The standard InChI is InChI=1S/C14H28ClO2P/c1-5-7-8-9-10-11-12-18(3,4,15)13-17-14(16)6-2/h6H,2,5,7-13H2,1,3-4H3. The molecular weight excluding hydrogens is 267 g/mol. The molecule has 0 heterocycles. The fourth-order valence-electron chi connectivity index (χ4n) is 1.77. The molecule has 0 saturated carbocycles. The Morgan fingerprint density at radius 1 is 1.22 bits per heavy atom. The van der Waals surface area contributed by atoms with Crippen LogP contribution < -0.4 is 0 Å². The van der Waals surface area contributed by atoms with Crippen molar-refractivity contribution in [2.24, 2.45) is 0 Å². The number of ether oxygens (including phenoxy) is 1. The van der Waals surface area contributed by atoms with Gasteiger partial charge in [-0.05, 0) is 0 Å². The first-order chi connectivity index (χ1) is 8.28. The van der Waals surface area contributed by atoms with Crippen LogP contribution in [0.25, 0.3) is 0 Å². The minimum atomic E-state index is -2.34. The van der Waals surface area contributed by atoms with E-state index in [0.717, 1.165) is 12.6 Å². The Bertz CT molecular complexity index is 269. The average molecular weight is 295 g/mol. The molecule has 0 saturated heterocycles. The van der Waals surface area contributed by atoms with E-state index >= 15 is 0 Å². The van der Waals surface area contributed by atoms with Crippen molar-refractivity contribution in [1.82, 2.24) is 0 Å². The van der Waals surface area contributed by atoms with E-state index in [0.29, 0.717) is 6.35 Å².